The Morgan fingerprint density at radius 2 is 0.683 bits per heavy atom. The molecule has 0 aromatic heterocycles. The average molecular weight is 549 g/mol. The molecule has 0 aliphatic carbocycles. The Labute approximate surface area is 244 Å². The number of carbonyl (C=O) groups excluding carboxylic acids is 2. The molecule has 0 fully saturated rings. The van der Waals surface area contributed by atoms with Crippen molar-refractivity contribution in [1.29, 1.82) is 0 Å². The fourth-order valence-corrected chi connectivity index (χ4v) is 4.59. The third kappa shape index (κ3) is 7.13. The highest BCUT2D eigenvalue weighted by atomic mass is 16.5. The van der Waals surface area contributed by atoms with Crippen molar-refractivity contribution in [3.05, 3.63) is 130 Å². The molecule has 0 aliphatic rings. The summed E-state index contributed by atoms with van der Waals surface area (Å²) in [4.78, 5) is 25.3. The van der Waals surface area contributed by atoms with Crippen molar-refractivity contribution in [3.8, 4) is 11.5 Å². The number of benzene rings is 4. The quantitative estimate of drug-likeness (QED) is 0.178. The van der Waals surface area contributed by atoms with Gasteiger partial charge in [0.2, 0.25) is 0 Å². The van der Waals surface area contributed by atoms with Crippen LogP contribution in [0.15, 0.2) is 97.1 Å². The van der Waals surface area contributed by atoms with E-state index in [4.69, 9.17) is 9.47 Å². The average Bonchev–Trinajstić information content (AvgIpc) is 2.93. The second-order valence-corrected chi connectivity index (χ2v) is 13.1. The van der Waals surface area contributed by atoms with Crippen LogP contribution in [0, 0.1) is 0 Å². The van der Waals surface area contributed by atoms with Crippen molar-refractivity contribution in [2.24, 2.45) is 0 Å². The molecule has 41 heavy (non-hydrogen) atoms. The van der Waals surface area contributed by atoms with Gasteiger partial charge in [0.15, 0.2) is 0 Å². The highest BCUT2D eigenvalue weighted by Crippen LogP contribution is 2.34. The van der Waals surface area contributed by atoms with E-state index >= 15 is 0 Å². The molecule has 0 N–H and O–H groups in total. The second-order valence-electron chi connectivity index (χ2n) is 13.1. The standard InChI is InChI=1S/C37H40O4/c1-35(2,3)27-13-9-25(10-14-27)33(38)40-31-21-17-29(18-22-31)37(7,8)30-19-23-32(24-20-30)41-34(39)26-11-15-28(16-12-26)36(4,5)6/h9-24H,1-8H3. The number of carbonyl (C=O) groups is 2. The monoisotopic (exact) mass is 548 g/mol. The number of esters is 2. The molecule has 0 saturated heterocycles. The lowest BCUT2D eigenvalue weighted by molar-refractivity contribution is 0.0725. The van der Waals surface area contributed by atoms with Crippen molar-refractivity contribution in [2.75, 3.05) is 0 Å². The van der Waals surface area contributed by atoms with Gasteiger partial charge in [-0.1, -0.05) is 104 Å². The molecule has 0 atom stereocenters. The molecule has 0 amide bonds. The van der Waals surface area contributed by atoms with Crippen LogP contribution in [-0.4, -0.2) is 11.9 Å². The molecule has 0 heterocycles. The lowest BCUT2D eigenvalue weighted by Gasteiger charge is -2.26. The van der Waals surface area contributed by atoms with Gasteiger partial charge in [0.1, 0.15) is 11.5 Å². The highest BCUT2D eigenvalue weighted by Gasteiger charge is 2.24. The summed E-state index contributed by atoms with van der Waals surface area (Å²) < 4.78 is 11.2. The molecule has 4 heteroatoms. The number of rotatable bonds is 6. The van der Waals surface area contributed by atoms with Crippen LogP contribution in [0.1, 0.15) is 98.4 Å². The van der Waals surface area contributed by atoms with Gasteiger partial charge in [0.05, 0.1) is 11.1 Å². The van der Waals surface area contributed by atoms with E-state index in [0.717, 1.165) is 22.3 Å². The molecule has 4 rings (SSSR count). The molecule has 4 aromatic carbocycles. The first kappa shape index (κ1) is 29.8. The highest BCUT2D eigenvalue weighted by molar-refractivity contribution is 5.91. The molecule has 0 unspecified atom stereocenters. The van der Waals surface area contributed by atoms with Gasteiger partial charge in [-0.05, 0) is 81.6 Å². The minimum absolute atomic E-state index is 0.0226. The first-order valence-electron chi connectivity index (χ1n) is 14.0. The zero-order valence-corrected chi connectivity index (χ0v) is 25.4. The summed E-state index contributed by atoms with van der Waals surface area (Å²) in [6.07, 6.45) is 0. The van der Waals surface area contributed by atoms with Crippen LogP contribution in [-0.2, 0) is 16.2 Å². The van der Waals surface area contributed by atoms with Crippen molar-refractivity contribution in [3.63, 3.8) is 0 Å². The first-order valence-corrected chi connectivity index (χ1v) is 14.0. The maximum atomic E-state index is 12.7. The van der Waals surface area contributed by atoms with Gasteiger partial charge in [-0.2, -0.15) is 0 Å². The molecule has 0 saturated carbocycles. The molecule has 0 bridgehead atoms. The van der Waals surface area contributed by atoms with Crippen molar-refractivity contribution in [2.45, 2.75) is 71.6 Å². The minimum Gasteiger partial charge on any atom is -0.423 e. The van der Waals surface area contributed by atoms with Gasteiger partial charge in [0.25, 0.3) is 0 Å². The molecule has 0 radical (unpaired) electrons. The van der Waals surface area contributed by atoms with Gasteiger partial charge < -0.3 is 9.47 Å². The topological polar surface area (TPSA) is 52.6 Å². The Morgan fingerprint density at radius 3 is 0.951 bits per heavy atom. The Hall–Kier alpha value is -4.18. The van der Waals surface area contributed by atoms with E-state index in [9.17, 15) is 9.59 Å². The fraction of sp³-hybridized carbons (Fsp3) is 0.297. The number of hydrogen-bond acceptors (Lipinski definition) is 4. The van der Waals surface area contributed by atoms with Crippen LogP contribution in [0.5, 0.6) is 11.5 Å². The maximum Gasteiger partial charge on any atom is 0.343 e. The van der Waals surface area contributed by atoms with Gasteiger partial charge in [-0.3, -0.25) is 0 Å². The number of hydrogen-bond donors (Lipinski definition) is 0. The van der Waals surface area contributed by atoms with Gasteiger partial charge in [0, 0.05) is 5.41 Å². The zero-order valence-electron chi connectivity index (χ0n) is 25.4. The van der Waals surface area contributed by atoms with Crippen LogP contribution >= 0.6 is 0 Å². The molecular formula is C37H40O4. The second kappa shape index (κ2) is 11.4. The third-order valence-corrected chi connectivity index (χ3v) is 7.55. The van der Waals surface area contributed by atoms with E-state index in [-0.39, 0.29) is 28.2 Å². The van der Waals surface area contributed by atoms with Crippen LogP contribution in [0.25, 0.3) is 0 Å². The lowest BCUT2D eigenvalue weighted by Crippen LogP contribution is -2.19. The Balaban J connectivity index is 1.40. The van der Waals surface area contributed by atoms with Crippen molar-refractivity contribution < 1.29 is 19.1 Å². The summed E-state index contributed by atoms with van der Waals surface area (Å²) in [5.41, 5.74) is 5.22. The predicted molar refractivity (Wildman–Crippen MR) is 165 cm³/mol. The summed E-state index contributed by atoms with van der Waals surface area (Å²) in [6.45, 7) is 17.1. The summed E-state index contributed by atoms with van der Waals surface area (Å²) in [7, 11) is 0. The van der Waals surface area contributed by atoms with Crippen LogP contribution in [0.3, 0.4) is 0 Å². The Bertz CT molecular complexity index is 1380. The van der Waals surface area contributed by atoms with Crippen LogP contribution in [0.2, 0.25) is 0 Å². The van der Waals surface area contributed by atoms with Crippen molar-refractivity contribution >= 4 is 11.9 Å². The van der Waals surface area contributed by atoms with Gasteiger partial charge >= 0.3 is 11.9 Å². The van der Waals surface area contributed by atoms with E-state index in [2.05, 4.69) is 55.4 Å². The first-order chi connectivity index (χ1) is 19.1. The third-order valence-electron chi connectivity index (χ3n) is 7.55. The number of ether oxygens (including phenoxy) is 2. The van der Waals surface area contributed by atoms with E-state index in [1.807, 2.05) is 97.1 Å². The molecule has 0 spiro atoms. The predicted octanol–water partition coefficient (Wildman–Crippen LogP) is 9.05. The summed E-state index contributed by atoms with van der Waals surface area (Å²) in [5.74, 6) is 0.222. The normalized spacial score (nSPS) is 12.1. The summed E-state index contributed by atoms with van der Waals surface area (Å²) in [6, 6.07) is 30.3. The largest absolute Gasteiger partial charge is 0.423 e. The van der Waals surface area contributed by atoms with Crippen LogP contribution in [0.4, 0.5) is 0 Å². The SMILES string of the molecule is CC(C)(C)c1ccc(C(=O)Oc2ccc(C(C)(C)c3ccc(OC(=O)c4ccc(C(C)(C)C)cc4)cc3)cc2)cc1. The zero-order chi connectivity index (χ0) is 30.0. The summed E-state index contributed by atoms with van der Waals surface area (Å²) >= 11 is 0. The Kier molecular flexibility index (Phi) is 8.26. The van der Waals surface area contributed by atoms with Gasteiger partial charge in [-0.25, -0.2) is 9.59 Å². The maximum absolute atomic E-state index is 12.7. The molecule has 4 nitrogen and oxygen atoms in total. The van der Waals surface area contributed by atoms with E-state index in [0.29, 0.717) is 22.6 Å². The molecule has 212 valence electrons. The molecule has 4 aromatic rings. The lowest BCUT2D eigenvalue weighted by atomic mass is 9.78. The van der Waals surface area contributed by atoms with Crippen LogP contribution < -0.4 is 9.47 Å². The van der Waals surface area contributed by atoms with E-state index in [1.165, 1.54) is 0 Å². The molecule has 0 aliphatic heterocycles. The fourth-order valence-electron chi connectivity index (χ4n) is 4.59. The van der Waals surface area contributed by atoms with E-state index < -0.39 is 0 Å². The Morgan fingerprint density at radius 1 is 0.415 bits per heavy atom. The smallest absolute Gasteiger partial charge is 0.343 e. The van der Waals surface area contributed by atoms with Crippen molar-refractivity contribution in [1.82, 2.24) is 0 Å². The van der Waals surface area contributed by atoms with Gasteiger partial charge in [-0.15, -0.1) is 0 Å². The summed E-state index contributed by atoms with van der Waals surface area (Å²) in [5, 5.41) is 0. The van der Waals surface area contributed by atoms with E-state index in [1.54, 1.807) is 0 Å². The molecular weight excluding hydrogens is 508 g/mol. The minimum atomic E-state index is -0.382.